The van der Waals surface area contributed by atoms with E-state index >= 15 is 0 Å². The normalized spacial score (nSPS) is 10.6. The lowest BCUT2D eigenvalue weighted by Crippen LogP contribution is -2.13. The predicted molar refractivity (Wildman–Crippen MR) is 107 cm³/mol. The topological polar surface area (TPSA) is 80.9 Å². The molecule has 4 aromatic rings. The number of pyridine rings is 1. The Morgan fingerprint density at radius 3 is 2.64 bits per heavy atom. The van der Waals surface area contributed by atoms with Crippen LogP contribution >= 0.6 is 23.2 Å². The number of anilines is 1. The lowest BCUT2D eigenvalue weighted by atomic mass is 10.1. The zero-order valence-corrected chi connectivity index (χ0v) is 15.8. The number of nitrogens with zero attached hydrogens (tertiary/aromatic N) is 3. The van der Waals surface area contributed by atoms with Crippen LogP contribution in [0.25, 0.3) is 23.0 Å². The molecule has 0 radical (unpaired) electrons. The summed E-state index contributed by atoms with van der Waals surface area (Å²) >= 11 is 12.1. The van der Waals surface area contributed by atoms with Gasteiger partial charge in [0.05, 0.1) is 21.8 Å². The largest absolute Gasteiger partial charge is 0.333 e. The van der Waals surface area contributed by atoms with Crippen molar-refractivity contribution in [2.24, 2.45) is 0 Å². The van der Waals surface area contributed by atoms with E-state index in [0.29, 0.717) is 32.8 Å². The minimum absolute atomic E-state index is 0.258. The maximum Gasteiger partial charge on any atom is 0.260 e. The molecular weight excluding hydrogens is 399 g/mol. The molecule has 0 bridgehead atoms. The number of hydrogen-bond donors (Lipinski definition) is 1. The van der Waals surface area contributed by atoms with Crippen LogP contribution in [0.4, 0.5) is 5.69 Å². The molecule has 8 heteroatoms. The van der Waals surface area contributed by atoms with Crippen molar-refractivity contribution in [3.63, 3.8) is 0 Å². The van der Waals surface area contributed by atoms with Crippen LogP contribution in [-0.4, -0.2) is 21.0 Å². The standard InChI is InChI=1S/C20H12Cl2N4O2/c21-12-8-9-15(22)14(11-12)19(27)24-16-6-2-1-5-13(16)20-25-18(26-28-20)17-7-3-4-10-23-17/h1-11H,(H,24,27). The summed E-state index contributed by atoms with van der Waals surface area (Å²) in [6.45, 7) is 0. The summed E-state index contributed by atoms with van der Waals surface area (Å²) in [4.78, 5) is 21.3. The Kier molecular flexibility index (Phi) is 5.06. The van der Waals surface area contributed by atoms with Gasteiger partial charge in [0.25, 0.3) is 11.8 Å². The van der Waals surface area contributed by atoms with Crippen molar-refractivity contribution in [1.29, 1.82) is 0 Å². The van der Waals surface area contributed by atoms with Crippen LogP contribution in [-0.2, 0) is 0 Å². The third-order valence-electron chi connectivity index (χ3n) is 3.90. The zero-order valence-electron chi connectivity index (χ0n) is 14.3. The number of aromatic nitrogens is 3. The molecule has 0 atom stereocenters. The first-order chi connectivity index (χ1) is 13.6. The highest BCUT2D eigenvalue weighted by Crippen LogP contribution is 2.29. The molecule has 2 heterocycles. The average molecular weight is 411 g/mol. The number of nitrogens with one attached hydrogen (secondary N) is 1. The first kappa shape index (κ1) is 18.2. The Morgan fingerprint density at radius 2 is 1.82 bits per heavy atom. The van der Waals surface area contributed by atoms with E-state index in [9.17, 15) is 4.79 Å². The van der Waals surface area contributed by atoms with Crippen LogP contribution < -0.4 is 5.32 Å². The molecule has 1 N–H and O–H groups in total. The molecule has 0 fully saturated rings. The lowest BCUT2D eigenvalue weighted by Gasteiger charge is -2.09. The van der Waals surface area contributed by atoms with Crippen LogP contribution in [0.15, 0.2) is 71.4 Å². The van der Waals surface area contributed by atoms with Gasteiger partial charge in [-0.05, 0) is 42.5 Å². The minimum Gasteiger partial charge on any atom is -0.333 e. The number of carbonyl (C=O) groups is 1. The number of rotatable bonds is 4. The van der Waals surface area contributed by atoms with E-state index in [2.05, 4.69) is 20.4 Å². The van der Waals surface area contributed by atoms with Gasteiger partial charge in [0, 0.05) is 11.2 Å². The van der Waals surface area contributed by atoms with Crippen LogP contribution in [0.5, 0.6) is 0 Å². The van der Waals surface area contributed by atoms with Crippen LogP contribution in [0.3, 0.4) is 0 Å². The Morgan fingerprint density at radius 1 is 1.00 bits per heavy atom. The van der Waals surface area contributed by atoms with Gasteiger partial charge in [-0.3, -0.25) is 9.78 Å². The Labute approximate surface area is 170 Å². The highest BCUT2D eigenvalue weighted by molar-refractivity contribution is 6.36. The SMILES string of the molecule is O=C(Nc1ccccc1-c1nc(-c2ccccn2)no1)c1cc(Cl)ccc1Cl. The van der Waals surface area contributed by atoms with E-state index < -0.39 is 5.91 Å². The fourth-order valence-electron chi connectivity index (χ4n) is 2.57. The lowest BCUT2D eigenvalue weighted by molar-refractivity contribution is 0.102. The van der Waals surface area contributed by atoms with Crippen molar-refractivity contribution < 1.29 is 9.32 Å². The van der Waals surface area contributed by atoms with Gasteiger partial charge < -0.3 is 9.84 Å². The molecule has 138 valence electrons. The van der Waals surface area contributed by atoms with Crippen molar-refractivity contribution in [2.45, 2.75) is 0 Å². The van der Waals surface area contributed by atoms with E-state index in [0.717, 1.165) is 0 Å². The third kappa shape index (κ3) is 3.74. The number of amides is 1. The molecule has 0 aliphatic carbocycles. The molecule has 2 aromatic heterocycles. The summed E-state index contributed by atoms with van der Waals surface area (Å²) in [5.41, 5.74) is 1.93. The molecule has 0 unspecified atom stereocenters. The monoisotopic (exact) mass is 410 g/mol. The molecule has 0 saturated carbocycles. The molecule has 4 rings (SSSR count). The first-order valence-electron chi connectivity index (χ1n) is 8.23. The van der Waals surface area contributed by atoms with Crippen molar-refractivity contribution in [3.05, 3.63) is 82.5 Å². The van der Waals surface area contributed by atoms with Crippen LogP contribution in [0, 0.1) is 0 Å². The fraction of sp³-hybridized carbons (Fsp3) is 0. The van der Waals surface area contributed by atoms with Gasteiger partial charge in [-0.25, -0.2) is 0 Å². The molecule has 28 heavy (non-hydrogen) atoms. The summed E-state index contributed by atoms with van der Waals surface area (Å²) in [6.07, 6.45) is 1.65. The quantitative estimate of drug-likeness (QED) is 0.489. The Balaban J connectivity index is 1.66. The smallest absolute Gasteiger partial charge is 0.260 e. The fourth-order valence-corrected chi connectivity index (χ4v) is 2.95. The van der Waals surface area contributed by atoms with Gasteiger partial charge in [-0.1, -0.05) is 46.6 Å². The van der Waals surface area contributed by atoms with Gasteiger partial charge in [-0.2, -0.15) is 4.98 Å². The number of benzene rings is 2. The maximum absolute atomic E-state index is 12.7. The van der Waals surface area contributed by atoms with E-state index in [-0.39, 0.29) is 11.5 Å². The van der Waals surface area contributed by atoms with Gasteiger partial charge in [-0.15, -0.1) is 0 Å². The third-order valence-corrected chi connectivity index (χ3v) is 4.46. The number of hydrogen-bond acceptors (Lipinski definition) is 5. The highest BCUT2D eigenvalue weighted by Gasteiger charge is 2.17. The van der Waals surface area contributed by atoms with Gasteiger partial charge in [0.15, 0.2) is 0 Å². The second kappa shape index (κ2) is 7.80. The summed E-state index contributed by atoms with van der Waals surface area (Å²) < 4.78 is 5.38. The molecule has 0 aliphatic rings. The van der Waals surface area contributed by atoms with Crippen molar-refractivity contribution in [3.8, 4) is 23.0 Å². The van der Waals surface area contributed by atoms with Crippen molar-refractivity contribution in [1.82, 2.24) is 15.1 Å². The van der Waals surface area contributed by atoms with E-state index in [1.165, 1.54) is 6.07 Å². The predicted octanol–water partition coefficient (Wildman–Crippen LogP) is 5.36. The summed E-state index contributed by atoms with van der Waals surface area (Å²) in [5, 5.41) is 7.50. The maximum atomic E-state index is 12.7. The van der Waals surface area contributed by atoms with Crippen LogP contribution in [0.2, 0.25) is 10.0 Å². The molecular formula is C20H12Cl2N4O2. The van der Waals surface area contributed by atoms with Gasteiger partial charge in [0.2, 0.25) is 5.82 Å². The van der Waals surface area contributed by atoms with Crippen molar-refractivity contribution >= 4 is 34.8 Å². The highest BCUT2D eigenvalue weighted by atomic mass is 35.5. The molecule has 2 aromatic carbocycles. The number of halogens is 2. The average Bonchev–Trinajstić information content (AvgIpc) is 3.21. The molecule has 1 amide bonds. The van der Waals surface area contributed by atoms with Crippen molar-refractivity contribution in [2.75, 3.05) is 5.32 Å². The summed E-state index contributed by atoms with van der Waals surface area (Å²) in [5.74, 6) is 0.216. The Bertz CT molecular complexity index is 1150. The van der Waals surface area contributed by atoms with Gasteiger partial charge in [0.1, 0.15) is 5.69 Å². The van der Waals surface area contributed by atoms with E-state index in [4.69, 9.17) is 27.7 Å². The number of carbonyl (C=O) groups excluding carboxylic acids is 1. The molecule has 0 saturated heterocycles. The second-order valence-corrected chi connectivity index (χ2v) is 6.61. The van der Waals surface area contributed by atoms with E-state index in [1.54, 1.807) is 48.7 Å². The number of para-hydroxylation sites is 1. The first-order valence-corrected chi connectivity index (χ1v) is 8.98. The summed E-state index contributed by atoms with van der Waals surface area (Å²) in [6, 6.07) is 17.2. The Hall–Kier alpha value is -3.22. The zero-order chi connectivity index (χ0) is 19.5. The molecule has 0 aliphatic heterocycles. The molecule has 0 spiro atoms. The summed E-state index contributed by atoms with van der Waals surface area (Å²) in [7, 11) is 0. The molecule has 6 nitrogen and oxygen atoms in total. The minimum atomic E-state index is -0.399. The second-order valence-electron chi connectivity index (χ2n) is 5.76. The van der Waals surface area contributed by atoms with E-state index in [1.807, 2.05) is 12.1 Å². The van der Waals surface area contributed by atoms with Crippen LogP contribution in [0.1, 0.15) is 10.4 Å². The van der Waals surface area contributed by atoms with Gasteiger partial charge >= 0.3 is 0 Å².